The first-order valence-corrected chi connectivity index (χ1v) is 11.5. The first-order chi connectivity index (χ1) is 14.2. The second kappa shape index (κ2) is 9.22. The Hall–Kier alpha value is -2.33. The molecule has 2 unspecified atom stereocenters. The van der Waals surface area contributed by atoms with Gasteiger partial charge in [0.1, 0.15) is 17.1 Å². The van der Waals surface area contributed by atoms with Crippen LogP contribution in [-0.4, -0.2) is 73.9 Å². The summed E-state index contributed by atoms with van der Waals surface area (Å²) in [5.74, 6) is -3.30. The van der Waals surface area contributed by atoms with Gasteiger partial charge in [-0.25, -0.2) is 14.6 Å². The number of carbonyl (C=O) groups excluding carboxylic acids is 2. The number of nitrogen functional groups attached to an aromatic ring is 1. The molecular formula is C15H17N5O7S3. The Kier molecular flexibility index (Phi) is 6.87. The lowest BCUT2D eigenvalue weighted by molar-refractivity contribution is -0.152. The van der Waals surface area contributed by atoms with E-state index in [9.17, 15) is 24.3 Å². The molecule has 2 aliphatic rings. The van der Waals surface area contributed by atoms with Gasteiger partial charge < -0.3 is 21.3 Å². The van der Waals surface area contributed by atoms with Gasteiger partial charge in [-0.15, -0.1) is 34.9 Å². The number of hydrogen-bond donors (Lipinski definition) is 5. The molecule has 1 saturated heterocycles. The van der Waals surface area contributed by atoms with Gasteiger partial charge in [0.15, 0.2) is 17.8 Å². The Balaban J connectivity index is 1.73. The van der Waals surface area contributed by atoms with Crippen LogP contribution in [0.5, 0.6) is 0 Å². The smallest absolute Gasteiger partial charge is 0.353 e. The molecule has 1 aromatic heterocycles. The van der Waals surface area contributed by atoms with Crippen LogP contribution in [0.15, 0.2) is 16.0 Å². The second-order valence-corrected chi connectivity index (χ2v) is 8.92. The average Bonchev–Trinajstić information content (AvgIpc) is 3.13. The van der Waals surface area contributed by atoms with Crippen molar-refractivity contribution in [3.8, 4) is 0 Å². The Morgan fingerprint density at radius 3 is 2.77 bits per heavy atom. The number of rotatable bonds is 9. The third-order valence-electron chi connectivity index (χ3n) is 4.17. The Labute approximate surface area is 182 Å². The lowest BCUT2D eigenvalue weighted by Crippen LogP contribution is -2.71. The lowest BCUT2D eigenvalue weighted by Gasteiger charge is -2.49. The lowest BCUT2D eigenvalue weighted by atomic mass is 10.0. The molecule has 6 N–H and O–H groups in total. The molecule has 2 aliphatic heterocycles. The van der Waals surface area contributed by atoms with E-state index in [4.69, 9.17) is 15.7 Å². The largest absolute Gasteiger partial charge is 0.479 e. The van der Waals surface area contributed by atoms with Gasteiger partial charge >= 0.3 is 11.9 Å². The molecule has 15 heteroatoms. The molecule has 0 radical (unpaired) electrons. The number of hydrogen-bond acceptors (Lipinski definition) is 11. The standard InChI is InChI=1S/C15H17N5O7S3/c1-28-6-4-29-13-9(12(24)20(13)10(6)14(25)26)18-11(23)8(19-27-2-7(21)22)5-3-30-15(16)17-5/h3,8-9,13,19H,2,4H2,1H3,(H2,16,17)(H,18,23)(H,21,22)(H,25,26)/t8?,9?,13-/m0/s1. The number of aliphatic carboxylic acids is 2. The highest BCUT2D eigenvalue weighted by Gasteiger charge is 2.54. The first-order valence-electron chi connectivity index (χ1n) is 8.30. The molecule has 3 atom stereocenters. The third kappa shape index (κ3) is 4.39. The summed E-state index contributed by atoms with van der Waals surface area (Å²) in [7, 11) is 0. The number of nitrogens with one attached hydrogen (secondary N) is 2. The fourth-order valence-corrected chi connectivity index (χ4v) is 5.69. The molecule has 1 fully saturated rings. The number of carbonyl (C=O) groups is 4. The van der Waals surface area contributed by atoms with Crippen LogP contribution < -0.4 is 16.5 Å². The summed E-state index contributed by atoms with van der Waals surface area (Å²) in [6, 6.07) is -2.16. The second-order valence-electron chi connectivity index (χ2n) is 6.02. The van der Waals surface area contributed by atoms with Crippen molar-refractivity contribution in [2.24, 2.45) is 0 Å². The first kappa shape index (κ1) is 22.4. The van der Waals surface area contributed by atoms with Gasteiger partial charge in [-0.05, 0) is 6.26 Å². The number of carboxylic acid groups (broad SMARTS) is 2. The van der Waals surface area contributed by atoms with Crippen LogP contribution in [0, 0.1) is 0 Å². The van der Waals surface area contributed by atoms with E-state index in [1.807, 2.05) is 0 Å². The van der Waals surface area contributed by atoms with Gasteiger partial charge in [-0.3, -0.25) is 19.3 Å². The van der Waals surface area contributed by atoms with Crippen molar-refractivity contribution in [2.75, 3.05) is 24.3 Å². The number of amides is 2. The van der Waals surface area contributed by atoms with Gasteiger partial charge in [0.25, 0.3) is 5.91 Å². The summed E-state index contributed by atoms with van der Waals surface area (Å²) in [5.41, 5.74) is 8.03. The number of β-lactam (4-membered cyclic amide) rings is 1. The number of nitrogens with zero attached hydrogens (tertiary/aromatic N) is 2. The minimum absolute atomic E-state index is 0.0755. The molecule has 1 aromatic rings. The van der Waals surface area contributed by atoms with Gasteiger partial charge in [0, 0.05) is 16.0 Å². The van der Waals surface area contributed by atoms with E-state index >= 15 is 0 Å². The summed E-state index contributed by atoms with van der Waals surface area (Å²) in [6.45, 7) is -0.706. The van der Waals surface area contributed by atoms with Crippen molar-refractivity contribution < 1.29 is 34.2 Å². The number of thioether (sulfide) groups is 2. The molecule has 0 spiro atoms. The quantitative estimate of drug-likeness (QED) is 0.227. The summed E-state index contributed by atoms with van der Waals surface area (Å²) >= 11 is 3.67. The molecule has 3 rings (SSSR count). The van der Waals surface area contributed by atoms with E-state index in [2.05, 4.69) is 15.8 Å². The van der Waals surface area contributed by atoms with E-state index in [0.717, 1.165) is 16.2 Å². The number of anilines is 1. The van der Waals surface area contributed by atoms with Gasteiger partial charge in [0.05, 0.1) is 5.69 Å². The maximum atomic E-state index is 12.8. The van der Waals surface area contributed by atoms with Gasteiger partial charge in [-0.2, -0.15) is 5.48 Å². The topological polar surface area (TPSA) is 184 Å². The zero-order valence-corrected chi connectivity index (χ0v) is 17.8. The van der Waals surface area contributed by atoms with Gasteiger partial charge in [-0.1, -0.05) is 0 Å². The zero-order chi connectivity index (χ0) is 22.0. The molecule has 0 saturated carbocycles. The van der Waals surface area contributed by atoms with Crippen molar-refractivity contribution in [3.05, 3.63) is 21.7 Å². The normalized spacial score (nSPS) is 21.6. The molecule has 12 nitrogen and oxygen atoms in total. The molecule has 0 aliphatic carbocycles. The van der Waals surface area contributed by atoms with E-state index in [1.54, 1.807) is 6.26 Å². The van der Waals surface area contributed by atoms with Gasteiger partial charge in [0.2, 0.25) is 5.91 Å². The summed E-state index contributed by atoms with van der Waals surface area (Å²) < 4.78 is 0. The number of carboxylic acids is 2. The highest BCUT2D eigenvalue weighted by atomic mass is 32.2. The minimum Gasteiger partial charge on any atom is -0.479 e. The minimum atomic E-state index is -1.25. The highest BCUT2D eigenvalue weighted by molar-refractivity contribution is 8.05. The Morgan fingerprint density at radius 1 is 1.47 bits per heavy atom. The number of nitrogens with two attached hydrogens (primary N) is 1. The predicted octanol–water partition coefficient (Wildman–Crippen LogP) is -0.569. The Bertz CT molecular complexity index is 920. The van der Waals surface area contributed by atoms with E-state index < -0.39 is 47.8 Å². The predicted molar refractivity (Wildman–Crippen MR) is 109 cm³/mol. The molecule has 30 heavy (non-hydrogen) atoms. The molecule has 2 amide bonds. The van der Waals surface area contributed by atoms with Crippen molar-refractivity contribution in [3.63, 3.8) is 0 Å². The van der Waals surface area contributed by atoms with E-state index in [-0.39, 0.29) is 16.5 Å². The van der Waals surface area contributed by atoms with Crippen LogP contribution in [0.2, 0.25) is 0 Å². The summed E-state index contributed by atoms with van der Waals surface area (Å²) in [6.07, 6.45) is 1.73. The van der Waals surface area contributed by atoms with Crippen LogP contribution in [0.1, 0.15) is 11.7 Å². The van der Waals surface area contributed by atoms with Crippen molar-refractivity contribution in [2.45, 2.75) is 17.5 Å². The fraction of sp³-hybridized carbons (Fsp3) is 0.400. The monoisotopic (exact) mass is 475 g/mol. The van der Waals surface area contributed by atoms with Crippen LogP contribution in [0.25, 0.3) is 0 Å². The number of thiazole rings is 1. The van der Waals surface area contributed by atoms with Crippen molar-refractivity contribution in [1.29, 1.82) is 0 Å². The fourth-order valence-electron chi connectivity index (χ4n) is 2.85. The molecule has 0 aromatic carbocycles. The summed E-state index contributed by atoms with van der Waals surface area (Å²) in [4.78, 5) is 58.2. The van der Waals surface area contributed by atoms with Crippen LogP contribution in [-0.2, 0) is 24.0 Å². The molecule has 0 bridgehead atoms. The zero-order valence-electron chi connectivity index (χ0n) is 15.4. The van der Waals surface area contributed by atoms with Crippen molar-refractivity contribution >= 4 is 63.7 Å². The highest BCUT2D eigenvalue weighted by Crippen LogP contribution is 2.42. The molecule has 3 heterocycles. The molecule has 162 valence electrons. The van der Waals surface area contributed by atoms with Crippen LogP contribution in [0.4, 0.5) is 5.13 Å². The van der Waals surface area contributed by atoms with E-state index in [1.165, 1.54) is 28.9 Å². The van der Waals surface area contributed by atoms with Crippen molar-refractivity contribution in [1.82, 2.24) is 20.7 Å². The van der Waals surface area contributed by atoms with E-state index in [0.29, 0.717) is 10.7 Å². The number of hydroxylamine groups is 1. The Morgan fingerprint density at radius 2 is 2.20 bits per heavy atom. The molecular weight excluding hydrogens is 458 g/mol. The van der Waals surface area contributed by atoms with Crippen LogP contribution >= 0.6 is 34.9 Å². The van der Waals surface area contributed by atoms with Crippen LogP contribution in [0.3, 0.4) is 0 Å². The number of aromatic nitrogens is 1. The summed E-state index contributed by atoms with van der Waals surface area (Å²) in [5, 5.41) is 21.9. The SMILES string of the molecule is CSC1=C(C(=O)O)N2C(=O)C(NC(=O)C(NOCC(=O)O)c3csc(N)n3)[C@@H]2SC1. The third-order valence-corrected chi connectivity index (χ3v) is 7.16. The maximum Gasteiger partial charge on any atom is 0.353 e. The number of fused-ring (bicyclic) bond motifs is 1. The average molecular weight is 476 g/mol. The maximum absolute atomic E-state index is 12.8.